The molecular formula is C20H25N3O3. The lowest BCUT2D eigenvalue weighted by molar-refractivity contribution is 0.0614. The lowest BCUT2D eigenvalue weighted by atomic mass is 10.1. The Hall–Kier alpha value is -2.86. The highest BCUT2D eigenvalue weighted by Gasteiger charge is 2.09. The van der Waals surface area contributed by atoms with Crippen molar-refractivity contribution in [1.29, 1.82) is 0 Å². The first-order chi connectivity index (χ1) is 12.5. The largest absolute Gasteiger partial charge is 0.399 e. The van der Waals surface area contributed by atoms with Gasteiger partial charge in [0.2, 0.25) is 0 Å². The second-order valence-corrected chi connectivity index (χ2v) is 6.14. The Kier molecular flexibility index (Phi) is 7.17. The van der Waals surface area contributed by atoms with Crippen LogP contribution >= 0.6 is 0 Å². The number of aryl methyl sites for hydroxylation is 1. The van der Waals surface area contributed by atoms with Gasteiger partial charge in [0.15, 0.2) is 0 Å². The Morgan fingerprint density at radius 2 is 1.50 bits per heavy atom. The fraction of sp³-hybridized carbons (Fsp3) is 0.300. The fourth-order valence-electron chi connectivity index (χ4n) is 2.26. The molecule has 26 heavy (non-hydrogen) atoms. The molecule has 6 heteroatoms. The van der Waals surface area contributed by atoms with E-state index in [9.17, 15) is 9.59 Å². The molecule has 2 amide bonds. The topological polar surface area (TPSA) is 93.5 Å². The molecule has 2 aromatic carbocycles. The molecule has 1 atom stereocenters. The minimum absolute atomic E-state index is 0.127. The molecule has 0 aliphatic carbocycles. The lowest BCUT2D eigenvalue weighted by Gasteiger charge is -2.14. The van der Waals surface area contributed by atoms with Crippen LogP contribution in [-0.4, -0.2) is 37.6 Å². The van der Waals surface area contributed by atoms with E-state index in [4.69, 9.17) is 10.5 Å². The molecule has 0 radical (unpaired) electrons. The van der Waals surface area contributed by atoms with Gasteiger partial charge in [0.1, 0.15) is 0 Å². The smallest absolute Gasteiger partial charge is 0.251 e. The van der Waals surface area contributed by atoms with E-state index < -0.39 is 0 Å². The molecule has 4 N–H and O–H groups in total. The summed E-state index contributed by atoms with van der Waals surface area (Å²) in [5.74, 6) is -0.300. The average molecular weight is 355 g/mol. The number of anilines is 1. The summed E-state index contributed by atoms with van der Waals surface area (Å²) in [6.07, 6.45) is -0.163. The third-order valence-corrected chi connectivity index (χ3v) is 3.83. The first kappa shape index (κ1) is 19.5. The molecule has 2 rings (SSSR count). The Morgan fingerprint density at radius 3 is 2.12 bits per heavy atom. The molecule has 0 aliphatic heterocycles. The molecule has 0 aromatic heterocycles. The number of nitrogens with one attached hydrogen (secondary N) is 2. The molecule has 0 saturated heterocycles. The van der Waals surface area contributed by atoms with Crippen molar-refractivity contribution in [3.63, 3.8) is 0 Å². The van der Waals surface area contributed by atoms with Crippen molar-refractivity contribution in [2.24, 2.45) is 0 Å². The highest BCUT2D eigenvalue weighted by molar-refractivity contribution is 5.94. The van der Waals surface area contributed by atoms with Crippen molar-refractivity contribution in [3.05, 3.63) is 65.2 Å². The summed E-state index contributed by atoms with van der Waals surface area (Å²) in [7, 11) is 0. The molecule has 0 spiro atoms. The van der Waals surface area contributed by atoms with Crippen molar-refractivity contribution in [2.75, 3.05) is 25.4 Å². The van der Waals surface area contributed by atoms with Crippen molar-refractivity contribution < 1.29 is 14.3 Å². The van der Waals surface area contributed by atoms with Gasteiger partial charge in [-0.05, 0) is 50.2 Å². The van der Waals surface area contributed by atoms with Crippen LogP contribution < -0.4 is 16.4 Å². The monoisotopic (exact) mass is 355 g/mol. The van der Waals surface area contributed by atoms with Crippen molar-refractivity contribution in [3.8, 4) is 0 Å². The van der Waals surface area contributed by atoms with E-state index >= 15 is 0 Å². The molecule has 0 heterocycles. The molecule has 1 unspecified atom stereocenters. The first-order valence-electron chi connectivity index (χ1n) is 8.56. The van der Waals surface area contributed by atoms with Crippen molar-refractivity contribution in [1.82, 2.24) is 10.6 Å². The maximum Gasteiger partial charge on any atom is 0.251 e. The number of hydrogen-bond acceptors (Lipinski definition) is 4. The highest BCUT2D eigenvalue weighted by Crippen LogP contribution is 2.05. The molecule has 2 aromatic rings. The summed E-state index contributed by atoms with van der Waals surface area (Å²) in [5, 5.41) is 5.61. The Labute approximate surface area is 153 Å². The minimum atomic E-state index is -0.173. The van der Waals surface area contributed by atoms with Gasteiger partial charge in [0, 0.05) is 29.9 Å². The predicted octanol–water partition coefficient (Wildman–Crippen LogP) is 2.14. The summed E-state index contributed by atoms with van der Waals surface area (Å²) < 4.78 is 5.60. The maximum absolute atomic E-state index is 12.0. The second kappa shape index (κ2) is 9.58. The number of benzene rings is 2. The van der Waals surface area contributed by atoms with E-state index in [0.717, 1.165) is 5.56 Å². The minimum Gasteiger partial charge on any atom is -0.399 e. The molecule has 0 aliphatic rings. The number of nitrogen functional groups attached to an aromatic ring is 1. The van der Waals surface area contributed by atoms with Gasteiger partial charge in [0.25, 0.3) is 11.8 Å². The fourth-order valence-corrected chi connectivity index (χ4v) is 2.26. The van der Waals surface area contributed by atoms with Gasteiger partial charge in [-0.2, -0.15) is 0 Å². The van der Waals surface area contributed by atoms with Gasteiger partial charge >= 0.3 is 0 Å². The summed E-state index contributed by atoms with van der Waals surface area (Å²) in [6.45, 7) is 5.00. The van der Waals surface area contributed by atoms with E-state index in [0.29, 0.717) is 36.5 Å². The lowest BCUT2D eigenvalue weighted by Crippen LogP contribution is -2.34. The number of carbonyl (C=O) groups excluding carboxylic acids is 2. The standard InChI is InChI=1S/C20H25N3O3/c1-14-3-5-16(6-4-14)19(24)22-11-12-26-15(2)13-23-20(25)17-7-9-18(21)10-8-17/h3-10,15H,11-13,21H2,1-2H3,(H,22,24)(H,23,25). The summed E-state index contributed by atoms with van der Waals surface area (Å²) in [4.78, 5) is 24.0. The zero-order valence-electron chi connectivity index (χ0n) is 15.1. The van der Waals surface area contributed by atoms with Gasteiger partial charge < -0.3 is 21.1 Å². The number of carbonyl (C=O) groups is 2. The van der Waals surface area contributed by atoms with Crippen LogP contribution in [0.25, 0.3) is 0 Å². The second-order valence-electron chi connectivity index (χ2n) is 6.14. The Morgan fingerprint density at radius 1 is 0.962 bits per heavy atom. The van der Waals surface area contributed by atoms with Gasteiger partial charge in [-0.3, -0.25) is 9.59 Å². The molecule has 0 bridgehead atoms. The van der Waals surface area contributed by atoms with Crippen LogP contribution in [0.3, 0.4) is 0 Å². The maximum atomic E-state index is 12.0. The van der Waals surface area contributed by atoms with Crippen LogP contribution in [-0.2, 0) is 4.74 Å². The first-order valence-corrected chi connectivity index (χ1v) is 8.56. The van der Waals surface area contributed by atoms with Gasteiger partial charge in [-0.25, -0.2) is 0 Å². The van der Waals surface area contributed by atoms with Crippen molar-refractivity contribution >= 4 is 17.5 Å². The Balaban J connectivity index is 1.63. The SMILES string of the molecule is Cc1ccc(C(=O)NCCOC(C)CNC(=O)c2ccc(N)cc2)cc1. The van der Waals surface area contributed by atoms with E-state index in [1.54, 1.807) is 36.4 Å². The normalized spacial score (nSPS) is 11.6. The van der Waals surface area contributed by atoms with E-state index in [1.165, 1.54) is 0 Å². The van der Waals surface area contributed by atoms with Gasteiger partial charge in [-0.1, -0.05) is 17.7 Å². The van der Waals surface area contributed by atoms with Crippen molar-refractivity contribution in [2.45, 2.75) is 20.0 Å². The zero-order chi connectivity index (χ0) is 18.9. The van der Waals surface area contributed by atoms with Crippen LogP contribution in [0.1, 0.15) is 33.2 Å². The quantitative estimate of drug-likeness (QED) is 0.500. The highest BCUT2D eigenvalue weighted by atomic mass is 16.5. The number of rotatable bonds is 8. The van der Waals surface area contributed by atoms with Gasteiger partial charge in [-0.15, -0.1) is 0 Å². The van der Waals surface area contributed by atoms with E-state index in [1.807, 2.05) is 26.0 Å². The van der Waals surface area contributed by atoms with Crippen LogP contribution in [0.5, 0.6) is 0 Å². The number of hydrogen-bond donors (Lipinski definition) is 3. The average Bonchev–Trinajstić information content (AvgIpc) is 2.64. The predicted molar refractivity (Wildman–Crippen MR) is 102 cm³/mol. The third kappa shape index (κ3) is 6.22. The van der Waals surface area contributed by atoms with E-state index in [2.05, 4.69) is 10.6 Å². The zero-order valence-corrected chi connectivity index (χ0v) is 15.1. The third-order valence-electron chi connectivity index (χ3n) is 3.83. The molecular weight excluding hydrogens is 330 g/mol. The number of amides is 2. The van der Waals surface area contributed by atoms with Crippen LogP contribution in [0.4, 0.5) is 5.69 Å². The molecule has 0 saturated carbocycles. The van der Waals surface area contributed by atoms with E-state index in [-0.39, 0.29) is 17.9 Å². The van der Waals surface area contributed by atoms with Crippen LogP contribution in [0.15, 0.2) is 48.5 Å². The number of nitrogens with two attached hydrogens (primary N) is 1. The van der Waals surface area contributed by atoms with Gasteiger partial charge in [0.05, 0.1) is 12.7 Å². The van der Waals surface area contributed by atoms with Crippen LogP contribution in [0, 0.1) is 6.92 Å². The van der Waals surface area contributed by atoms with Crippen LogP contribution in [0.2, 0.25) is 0 Å². The molecule has 0 fully saturated rings. The molecule has 138 valence electrons. The summed E-state index contributed by atoms with van der Waals surface area (Å²) in [6, 6.07) is 14.1. The number of ether oxygens (including phenoxy) is 1. The summed E-state index contributed by atoms with van der Waals surface area (Å²) >= 11 is 0. The Bertz CT molecular complexity index is 727. The summed E-state index contributed by atoms with van der Waals surface area (Å²) in [5.41, 5.74) is 8.50. The molecule has 6 nitrogen and oxygen atoms in total.